The van der Waals surface area contributed by atoms with E-state index < -0.39 is 0 Å². The Hall–Kier alpha value is -2.74. The van der Waals surface area contributed by atoms with Crippen molar-refractivity contribution in [2.75, 3.05) is 25.0 Å². The van der Waals surface area contributed by atoms with Crippen LogP contribution in [0.15, 0.2) is 53.1 Å². The Morgan fingerprint density at radius 1 is 1.13 bits per heavy atom. The highest BCUT2D eigenvalue weighted by atomic mass is 79.9. The van der Waals surface area contributed by atoms with Crippen molar-refractivity contribution in [1.82, 2.24) is 15.2 Å². The zero-order valence-electron chi connectivity index (χ0n) is 16.6. The molecule has 3 rings (SSSR count). The number of pyridine rings is 1. The molecule has 3 amide bonds. The second-order valence-corrected chi connectivity index (χ2v) is 8.21. The quantitative estimate of drug-likeness (QED) is 0.647. The maximum atomic E-state index is 12.5. The Morgan fingerprint density at radius 3 is 2.67 bits per heavy atom. The molecule has 1 aromatic carbocycles. The maximum Gasteiger partial charge on any atom is 0.230 e. The van der Waals surface area contributed by atoms with Gasteiger partial charge in [-0.1, -0.05) is 30.3 Å². The highest BCUT2D eigenvalue weighted by Gasteiger charge is 2.28. The highest BCUT2D eigenvalue weighted by molar-refractivity contribution is 9.10. The smallest absolute Gasteiger partial charge is 0.230 e. The fourth-order valence-corrected chi connectivity index (χ4v) is 3.64. The first kappa shape index (κ1) is 22.0. The number of nitrogens with one attached hydrogen (secondary N) is 2. The molecule has 0 radical (unpaired) electrons. The van der Waals surface area contributed by atoms with Gasteiger partial charge < -0.3 is 15.5 Å². The fraction of sp³-hybridized carbons (Fsp3) is 0.364. The summed E-state index contributed by atoms with van der Waals surface area (Å²) in [6.45, 7) is 1.32. The number of anilines is 1. The molecule has 158 valence electrons. The SMILES string of the molecule is O=C(Cc1ccccc1)NCCC(=O)N1CCCC(C(=O)Nc2ccc(Br)cn2)C1. The Kier molecular flexibility index (Phi) is 7.96. The Labute approximate surface area is 184 Å². The minimum Gasteiger partial charge on any atom is -0.355 e. The number of piperidine rings is 1. The molecule has 2 N–H and O–H groups in total. The van der Waals surface area contributed by atoms with Gasteiger partial charge in [0, 0.05) is 36.7 Å². The number of halogens is 1. The number of rotatable bonds is 7. The van der Waals surface area contributed by atoms with Gasteiger partial charge in [-0.25, -0.2) is 4.98 Å². The molecule has 0 bridgehead atoms. The first-order valence-corrected chi connectivity index (χ1v) is 10.8. The van der Waals surface area contributed by atoms with Gasteiger partial charge in [0.15, 0.2) is 0 Å². The lowest BCUT2D eigenvalue weighted by molar-refractivity contribution is -0.134. The number of amides is 3. The molecular weight excluding hydrogens is 448 g/mol. The van der Waals surface area contributed by atoms with Gasteiger partial charge in [-0.15, -0.1) is 0 Å². The van der Waals surface area contributed by atoms with Gasteiger partial charge in [-0.3, -0.25) is 14.4 Å². The van der Waals surface area contributed by atoms with Gasteiger partial charge in [0.05, 0.1) is 12.3 Å². The molecule has 7 nitrogen and oxygen atoms in total. The molecule has 2 aromatic rings. The molecule has 8 heteroatoms. The summed E-state index contributed by atoms with van der Waals surface area (Å²) in [6, 6.07) is 13.0. The van der Waals surface area contributed by atoms with Crippen molar-refractivity contribution in [3.8, 4) is 0 Å². The highest BCUT2D eigenvalue weighted by Crippen LogP contribution is 2.19. The zero-order valence-corrected chi connectivity index (χ0v) is 18.2. The third-order valence-electron chi connectivity index (χ3n) is 4.99. The summed E-state index contributed by atoms with van der Waals surface area (Å²) in [4.78, 5) is 42.9. The van der Waals surface area contributed by atoms with Crippen molar-refractivity contribution in [3.63, 3.8) is 0 Å². The number of nitrogens with zero attached hydrogens (tertiary/aromatic N) is 2. The number of hydrogen-bond donors (Lipinski definition) is 2. The monoisotopic (exact) mass is 472 g/mol. The Balaban J connectivity index is 1.41. The zero-order chi connectivity index (χ0) is 21.3. The van der Waals surface area contributed by atoms with Gasteiger partial charge in [-0.05, 0) is 46.5 Å². The molecule has 0 saturated carbocycles. The van der Waals surface area contributed by atoms with Crippen LogP contribution in [0.1, 0.15) is 24.8 Å². The summed E-state index contributed by atoms with van der Waals surface area (Å²) in [5, 5.41) is 5.61. The van der Waals surface area contributed by atoms with Crippen LogP contribution in [0.5, 0.6) is 0 Å². The van der Waals surface area contributed by atoms with Gasteiger partial charge in [0.1, 0.15) is 5.82 Å². The first-order valence-electron chi connectivity index (χ1n) is 10.0. The normalized spacial score (nSPS) is 16.0. The van der Waals surface area contributed by atoms with E-state index in [1.807, 2.05) is 36.4 Å². The molecule has 2 heterocycles. The van der Waals surface area contributed by atoms with E-state index in [4.69, 9.17) is 0 Å². The van der Waals surface area contributed by atoms with Crippen LogP contribution in [0.4, 0.5) is 5.82 Å². The van der Waals surface area contributed by atoms with Gasteiger partial charge in [0.2, 0.25) is 17.7 Å². The molecule has 1 unspecified atom stereocenters. The molecule has 0 aliphatic carbocycles. The minimum atomic E-state index is -0.263. The van der Waals surface area contributed by atoms with E-state index in [2.05, 4.69) is 31.5 Å². The van der Waals surface area contributed by atoms with Gasteiger partial charge in [-0.2, -0.15) is 0 Å². The summed E-state index contributed by atoms with van der Waals surface area (Å²) in [7, 11) is 0. The van der Waals surface area contributed by atoms with E-state index in [0.29, 0.717) is 31.9 Å². The summed E-state index contributed by atoms with van der Waals surface area (Å²) in [5.74, 6) is -0.0479. The van der Waals surface area contributed by atoms with Crippen LogP contribution in [0, 0.1) is 5.92 Å². The minimum absolute atomic E-state index is 0.0470. The molecule has 1 aromatic heterocycles. The lowest BCUT2D eigenvalue weighted by atomic mass is 9.97. The lowest BCUT2D eigenvalue weighted by Crippen LogP contribution is -2.44. The summed E-state index contributed by atoms with van der Waals surface area (Å²) in [5.41, 5.74) is 0.937. The van der Waals surface area contributed by atoms with Crippen molar-refractivity contribution in [1.29, 1.82) is 0 Å². The predicted octanol–water partition coefficient (Wildman–Crippen LogP) is 2.77. The van der Waals surface area contributed by atoms with Gasteiger partial charge >= 0.3 is 0 Å². The number of carbonyl (C=O) groups excluding carboxylic acids is 3. The Bertz CT molecular complexity index is 874. The second kappa shape index (κ2) is 10.9. The summed E-state index contributed by atoms with van der Waals surface area (Å²) < 4.78 is 0.839. The maximum absolute atomic E-state index is 12.5. The number of likely N-dealkylation sites (tertiary alicyclic amines) is 1. The van der Waals surface area contributed by atoms with Crippen LogP contribution in [0.2, 0.25) is 0 Å². The van der Waals surface area contributed by atoms with Crippen LogP contribution in [-0.4, -0.2) is 47.2 Å². The van der Waals surface area contributed by atoms with Crippen LogP contribution in [0.25, 0.3) is 0 Å². The number of hydrogen-bond acceptors (Lipinski definition) is 4. The molecule has 1 aliphatic rings. The van der Waals surface area contributed by atoms with Crippen LogP contribution >= 0.6 is 15.9 Å². The van der Waals surface area contributed by atoms with E-state index in [-0.39, 0.29) is 30.1 Å². The largest absolute Gasteiger partial charge is 0.355 e. The van der Waals surface area contributed by atoms with Crippen molar-refractivity contribution in [2.24, 2.45) is 5.92 Å². The molecule has 1 saturated heterocycles. The van der Waals surface area contributed by atoms with Gasteiger partial charge in [0.25, 0.3) is 0 Å². The van der Waals surface area contributed by atoms with E-state index in [0.717, 1.165) is 22.9 Å². The fourth-order valence-electron chi connectivity index (χ4n) is 3.41. The van der Waals surface area contributed by atoms with Crippen molar-refractivity contribution in [3.05, 3.63) is 58.7 Å². The van der Waals surface area contributed by atoms with Crippen LogP contribution in [-0.2, 0) is 20.8 Å². The topological polar surface area (TPSA) is 91.4 Å². The van der Waals surface area contributed by atoms with Crippen LogP contribution < -0.4 is 10.6 Å². The summed E-state index contributed by atoms with van der Waals surface area (Å²) >= 11 is 3.31. The average molecular weight is 473 g/mol. The number of carbonyl (C=O) groups is 3. The van der Waals surface area contributed by atoms with Crippen molar-refractivity contribution >= 4 is 39.5 Å². The Morgan fingerprint density at radius 2 is 1.93 bits per heavy atom. The molecule has 1 fully saturated rings. The van der Waals surface area contributed by atoms with E-state index >= 15 is 0 Å². The molecular formula is C22H25BrN4O3. The van der Waals surface area contributed by atoms with Crippen molar-refractivity contribution < 1.29 is 14.4 Å². The van der Waals surface area contributed by atoms with E-state index in [1.54, 1.807) is 17.2 Å². The number of aromatic nitrogens is 1. The average Bonchev–Trinajstić information content (AvgIpc) is 2.76. The standard InChI is InChI=1S/C22H25BrN4O3/c23-18-8-9-19(25-14-18)26-22(30)17-7-4-12-27(15-17)21(29)10-11-24-20(28)13-16-5-2-1-3-6-16/h1-3,5-6,8-9,14,17H,4,7,10-13,15H2,(H,24,28)(H,25,26,30). The predicted molar refractivity (Wildman–Crippen MR) is 118 cm³/mol. The second-order valence-electron chi connectivity index (χ2n) is 7.29. The number of benzene rings is 1. The molecule has 0 spiro atoms. The van der Waals surface area contributed by atoms with Crippen molar-refractivity contribution in [2.45, 2.75) is 25.7 Å². The third-order valence-corrected chi connectivity index (χ3v) is 5.46. The molecule has 1 atom stereocenters. The van der Waals surface area contributed by atoms with E-state index in [9.17, 15) is 14.4 Å². The van der Waals surface area contributed by atoms with Crippen LogP contribution in [0.3, 0.4) is 0 Å². The molecule has 1 aliphatic heterocycles. The third kappa shape index (κ3) is 6.66. The lowest BCUT2D eigenvalue weighted by Gasteiger charge is -2.32. The van der Waals surface area contributed by atoms with E-state index in [1.165, 1.54) is 0 Å². The summed E-state index contributed by atoms with van der Waals surface area (Å²) in [6.07, 6.45) is 3.66. The molecule has 30 heavy (non-hydrogen) atoms. The first-order chi connectivity index (χ1) is 14.5.